The van der Waals surface area contributed by atoms with Gasteiger partial charge in [-0.1, -0.05) is 19.1 Å². The van der Waals surface area contributed by atoms with E-state index < -0.39 is 0 Å². The van der Waals surface area contributed by atoms with Crippen LogP contribution in [0.1, 0.15) is 38.5 Å². The van der Waals surface area contributed by atoms with Crippen LogP contribution in [0.3, 0.4) is 0 Å². The Morgan fingerprint density at radius 1 is 1.38 bits per heavy atom. The predicted molar refractivity (Wildman–Crippen MR) is 85.4 cm³/mol. The summed E-state index contributed by atoms with van der Waals surface area (Å²) in [5.41, 5.74) is 0.978. The van der Waals surface area contributed by atoms with Crippen LogP contribution in [0.15, 0.2) is 29.6 Å². The van der Waals surface area contributed by atoms with Crippen LogP contribution in [0, 0.1) is 0 Å². The number of anilines is 1. The molecular formula is C16H20N2O2S. The van der Waals surface area contributed by atoms with Gasteiger partial charge >= 0.3 is 0 Å². The lowest BCUT2D eigenvalue weighted by Gasteiger charge is -2.14. The molecule has 2 aromatic rings. The minimum atomic E-state index is -0.0441. The number of para-hydroxylation sites is 2. The molecule has 4 nitrogen and oxygen atoms in total. The SMILES string of the molecule is CCC(C)Nc1nc(C2CCOc3ccccc3O2)cs1. The summed E-state index contributed by atoms with van der Waals surface area (Å²) in [6, 6.07) is 8.23. The quantitative estimate of drug-likeness (QED) is 0.916. The number of fused-ring (bicyclic) bond motifs is 1. The Morgan fingerprint density at radius 3 is 3.00 bits per heavy atom. The largest absolute Gasteiger partial charge is 0.490 e. The third-order valence-corrected chi connectivity index (χ3v) is 4.38. The van der Waals surface area contributed by atoms with E-state index in [4.69, 9.17) is 9.47 Å². The molecule has 1 aliphatic rings. The van der Waals surface area contributed by atoms with Crippen LogP contribution in [-0.2, 0) is 0 Å². The number of ether oxygens (including phenoxy) is 2. The van der Waals surface area contributed by atoms with Crippen molar-refractivity contribution in [1.29, 1.82) is 0 Å². The molecule has 0 bridgehead atoms. The van der Waals surface area contributed by atoms with E-state index in [0.29, 0.717) is 12.6 Å². The zero-order valence-corrected chi connectivity index (χ0v) is 13.2. The molecule has 5 heteroatoms. The van der Waals surface area contributed by atoms with Crippen LogP contribution >= 0.6 is 11.3 Å². The molecule has 0 saturated heterocycles. The molecule has 1 aromatic carbocycles. The van der Waals surface area contributed by atoms with Gasteiger partial charge in [-0.05, 0) is 25.5 Å². The van der Waals surface area contributed by atoms with Crippen LogP contribution in [0.4, 0.5) is 5.13 Å². The molecule has 2 unspecified atom stereocenters. The summed E-state index contributed by atoms with van der Waals surface area (Å²) in [5.74, 6) is 1.61. The predicted octanol–water partition coefficient (Wildman–Crippen LogP) is 4.26. The Kier molecular flexibility index (Phi) is 4.29. The zero-order chi connectivity index (χ0) is 14.7. The topological polar surface area (TPSA) is 43.4 Å². The molecule has 0 radical (unpaired) electrons. The molecule has 0 saturated carbocycles. The highest BCUT2D eigenvalue weighted by molar-refractivity contribution is 7.13. The maximum absolute atomic E-state index is 6.08. The maximum Gasteiger partial charge on any atom is 0.183 e. The first-order chi connectivity index (χ1) is 10.3. The van der Waals surface area contributed by atoms with Crippen molar-refractivity contribution in [2.24, 2.45) is 0 Å². The minimum Gasteiger partial charge on any atom is -0.490 e. The summed E-state index contributed by atoms with van der Waals surface area (Å²) in [7, 11) is 0. The van der Waals surface area contributed by atoms with Gasteiger partial charge in [-0.25, -0.2) is 4.98 Å². The smallest absolute Gasteiger partial charge is 0.183 e. The Labute approximate surface area is 129 Å². The van der Waals surface area contributed by atoms with Gasteiger partial charge in [0.25, 0.3) is 0 Å². The molecule has 3 rings (SSSR count). The number of benzene rings is 1. The summed E-state index contributed by atoms with van der Waals surface area (Å²) >= 11 is 1.63. The van der Waals surface area contributed by atoms with Gasteiger partial charge in [0.2, 0.25) is 0 Å². The molecule has 2 atom stereocenters. The number of aromatic nitrogens is 1. The molecule has 1 aromatic heterocycles. The third-order valence-electron chi connectivity index (χ3n) is 3.59. The van der Waals surface area contributed by atoms with Crippen LogP contribution in [0.2, 0.25) is 0 Å². The first-order valence-electron chi connectivity index (χ1n) is 7.36. The Hall–Kier alpha value is -1.75. The van der Waals surface area contributed by atoms with E-state index in [0.717, 1.165) is 35.2 Å². The summed E-state index contributed by atoms with van der Waals surface area (Å²) < 4.78 is 11.8. The van der Waals surface area contributed by atoms with Crippen LogP contribution < -0.4 is 14.8 Å². The van der Waals surface area contributed by atoms with Crippen molar-refractivity contribution in [2.75, 3.05) is 11.9 Å². The third kappa shape index (κ3) is 3.29. The number of rotatable bonds is 4. The van der Waals surface area contributed by atoms with Gasteiger partial charge < -0.3 is 14.8 Å². The second-order valence-electron chi connectivity index (χ2n) is 5.22. The standard InChI is InChI=1S/C16H20N2O2S/c1-3-11(2)17-16-18-12(10-21-16)13-8-9-19-14-6-4-5-7-15(14)20-13/h4-7,10-11,13H,3,8-9H2,1-2H3,(H,17,18). The lowest BCUT2D eigenvalue weighted by atomic mass is 10.2. The van der Waals surface area contributed by atoms with Gasteiger partial charge in [0.05, 0.1) is 12.3 Å². The lowest BCUT2D eigenvalue weighted by molar-refractivity contribution is 0.191. The van der Waals surface area contributed by atoms with Crippen molar-refractivity contribution >= 4 is 16.5 Å². The lowest BCUT2D eigenvalue weighted by Crippen LogP contribution is -2.14. The van der Waals surface area contributed by atoms with E-state index in [-0.39, 0.29) is 6.10 Å². The number of thiazole rings is 1. The monoisotopic (exact) mass is 304 g/mol. The highest BCUT2D eigenvalue weighted by Gasteiger charge is 2.22. The molecular weight excluding hydrogens is 284 g/mol. The molecule has 1 N–H and O–H groups in total. The first kappa shape index (κ1) is 14.2. The second-order valence-corrected chi connectivity index (χ2v) is 6.08. The normalized spacial score (nSPS) is 18.9. The van der Waals surface area contributed by atoms with E-state index in [9.17, 15) is 0 Å². The molecule has 1 aliphatic heterocycles. The van der Waals surface area contributed by atoms with Gasteiger partial charge in [-0.2, -0.15) is 0 Å². The summed E-state index contributed by atoms with van der Waals surface area (Å²) in [5, 5.41) is 6.44. The average molecular weight is 304 g/mol. The Bertz CT molecular complexity index is 599. The van der Waals surface area contributed by atoms with E-state index in [1.54, 1.807) is 11.3 Å². The minimum absolute atomic E-state index is 0.0441. The number of nitrogens with zero attached hydrogens (tertiary/aromatic N) is 1. The Morgan fingerprint density at radius 2 is 2.19 bits per heavy atom. The van der Waals surface area contributed by atoms with Crippen molar-refractivity contribution in [3.05, 3.63) is 35.3 Å². The van der Waals surface area contributed by atoms with Gasteiger partial charge in [-0.3, -0.25) is 0 Å². The number of hydrogen-bond donors (Lipinski definition) is 1. The fraction of sp³-hybridized carbons (Fsp3) is 0.438. The molecule has 21 heavy (non-hydrogen) atoms. The number of nitrogens with one attached hydrogen (secondary N) is 1. The highest BCUT2D eigenvalue weighted by Crippen LogP contribution is 2.36. The summed E-state index contributed by atoms with van der Waals surface area (Å²) in [4.78, 5) is 4.66. The van der Waals surface area contributed by atoms with E-state index >= 15 is 0 Å². The van der Waals surface area contributed by atoms with Crippen molar-refractivity contribution in [3.63, 3.8) is 0 Å². The van der Waals surface area contributed by atoms with E-state index in [1.165, 1.54) is 0 Å². The fourth-order valence-corrected chi connectivity index (χ4v) is 3.04. The van der Waals surface area contributed by atoms with Gasteiger partial charge in [0, 0.05) is 17.8 Å². The first-order valence-corrected chi connectivity index (χ1v) is 8.24. The van der Waals surface area contributed by atoms with Gasteiger partial charge in [0.15, 0.2) is 16.6 Å². The second kappa shape index (κ2) is 6.35. The molecule has 112 valence electrons. The van der Waals surface area contributed by atoms with Crippen molar-refractivity contribution in [3.8, 4) is 11.5 Å². The molecule has 0 aliphatic carbocycles. The highest BCUT2D eigenvalue weighted by atomic mass is 32.1. The van der Waals surface area contributed by atoms with Crippen molar-refractivity contribution in [2.45, 2.75) is 38.8 Å². The van der Waals surface area contributed by atoms with Crippen LogP contribution in [-0.4, -0.2) is 17.6 Å². The van der Waals surface area contributed by atoms with Crippen LogP contribution in [0.25, 0.3) is 0 Å². The summed E-state index contributed by atoms with van der Waals surface area (Å²) in [6.07, 6.45) is 1.84. The molecule has 2 heterocycles. The zero-order valence-electron chi connectivity index (χ0n) is 12.3. The fourth-order valence-electron chi connectivity index (χ4n) is 2.18. The summed E-state index contributed by atoms with van der Waals surface area (Å²) in [6.45, 7) is 4.97. The van der Waals surface area contributed by atoms with E-state index in [2.05, 4.69) is 29.5 Å². The average Bonchev–Trinajstić information content (AvgIpc) is 2.85. The van der Waals surface area contributed by atoms with E-state index in [1.807, 2.05) is 24.3 Å². The molecule has 0 spiro atoms. The molecule has 0 amide bonds. The van der Waals surface area contributed by atoms with Crippen LogP contribution in [0.5, 0.6) is 11.5 Å². The Balaban J connectivity index is 1.75. The molecule has 0 fully saturated rings. The van der Waals surface area contributed by atoms with Gasteiger partial charge in [0.1, 0.15) is 6.10 Å². The maximum atomic E-state index is 6.08. The van der Waals surface area contributed by atoms with Crippen molar-refractivity contribution in [1.82, 2.24) is 4.98 Å². The van der Waals surface area contributed by atoms with Gasteiger partial charge in [-0.15, -0.1) is 11.3 Å². The number of hydrogen-bond acceptors (Lipinski definition) is 5. The van der Waals surface area contributed by atoms with Crippen molar-refractivity contribution < 1.29 is 9.47 Å².